The molecule has 0 aliphatic carbocycles. The van der Waals surface area contributed by atoms with Crippen molar-refractivity contribution >= 4 is 160 Å². The molecule has 0 radical (unpaired) electrons. The van der Waals surface area contributed by atoms with Crippen LogP contribution >= 0.6 is 92.8 Å². The van der Waals surface area contributed by atoms with Crippen LogP contribution in [0.25, 0.3) is 43.1 Å². The topological polar surface area (TPSA) is 98.8 Å². The molecule has 7 rings (SSSR count). The van der Waals surface area contributed by atoms with Gasteiger partial charge in [-0.05, 0) is 14.1 Å². The van der Waals surface area contributed by atoms with E-state index in [0.717, 1.165) is 9.80 Å². The Hall–Kier alpha value is -2.08. The molecule has 5 aromatic carbocycles. The third-order valence-corrected chi connectivity index (χ3v) is 11.4. The summed E-state index contributed by atoms with van der Waals surface area (Å²) in [5, 5.41) is 5.46. The van der Waals surface area contributed by atoms with Crippen LogP contribution in [0.2, 0.25) is 40.2 Å². The molecule has 2 aliphatic rings. The smallest absolute Gasteiger partial charge is 0.264 e. The summed E-state index contributed by atoms with van der Waals surface area (Å²) in [6.07, 6.45) is 0. The first kappa shape index (κ1) is 30.6. The Morgan fingerprint density at radius 2 is 0.614 bits per heavy atom. The number of hydrogen-bond donors (Lipinski definition) is 2. The van der Waals surface area contributed by atoms with Crippen molar-refractivity contribution in [1.82, 2.24) is 20.4 Å². The molecule has 2 N–H and O–H groups in total. The zero-order valence-electron chi connectivity index (χ0n) is 22.0. The van der Waals surface area contributed by atoms with Gasteiger partial charge in [-0.15, -0.1) is 0 Å². The zero-order valence-corrected chi connectivity index (χ0v) is 28.0. The predicted octanol–water partition coefficient (Wildman–Crippen LogP) is 8.51. The van der Waals surface area contributed by atoms with Gasteiger partial charge >= 0.3 is 0 Å². The highest BCUT2D eigenvalue weighted by Gasteiger charge is 2.43. The van der Waals surface area contributed by atoms with Crippen LogP contribution in [0.5, 0.6) is 0 Å². The van der Waals surface area contributed by atoms with Crippen molar-refractivity contribution in [2.75, 3.05) is 27.4 Å². The van der Waals surface area contributed by atoms with Gasteiger partial charge < -0.3 is 10.6 Å². The van der Waals surface area contributed by atoms with Crippen molar-refractivity contribution in [2.45, 2.75) is 0 Å². The number of amides is 4. The van der Waals surface area contributed by atoms with E-state index >= 15 is 0 Å². The van der Waals surface area contributed by atoms with Crippen molar-refractivity contribution in [3.63, 3.8) is 0 Å². The van der Waals surface area contributed by atoms with Gasteiger partial charge in [0.2, 0.25) is 0 Å². The van der Waals surface area contributed by atoms with E-state index in [1.807, 2.05) is 0 Å². The molecule has 0 fully saturated rings. The van der Waals surface area contributed by atoms with Gasteiger partial charge in [0, 0.05) is 43.1 Å². The average Bonchev–Trinajstić information content (AvgIpc) is 2.98. The standard InChI is InChI=1S/C28H12Cl8N4O4/c1-37-3-39-25(41)13-7-5-9(17(29)21(13)33)11-6-8-15(23(35)19(11)31)27(43)40(4-38-2)28(44)16(8)24(36)20(32)12(6)10(5)18(30)22(34)14(7)26(39)42/h37-38H,3-4H2,1-2H3. The molecule has 5 aromatic rings. The molecule has 0 bridgehead atoms. The van der Waals surface area contributed by atoms with E-state index in [0.29, 0.717) is 0 Å². The monoisotopic (exact) mass is 748 g/mol. The van der Waals surface area contributed by atoms with Gasteiger partial charge in [-0.1, -0.05) is 92.8 Å². The van der Waals surface area contributed by atoms with Crippen molar-refractivity contribution in [2.24, 2.45) is 0 Å². The van der Waals surface area contributed by atoms with Crippen LogP contribution in [-0.4, -0.2) is 60.9 Å². The Labute approximate surface area is 287 Å². The minimum absolute atomic E-state index is 0.0759. The molecule has 0 atom stereocenters. The number of carbonyl (C=O) groups is 4. The summed E-state index contributed by atoms with van der Waals surface area (Å²) < 4.78 is 0. The van der Waals surface area contributed by atoms with E-state index in [2.05, 4.69) is 10.6 Å². The van der Waals surface area contributed by atoms with E-state index in [1.54, 1.807) is 14.1 Å². The van der Waals surface area contributed by atoms with Gasteiger partial charge in [0.15, 0.2) is 0 Å². The second kappa shape index (κ2) is 10.2. The maximum atomic E-state index is 13.7. The first-order valence-electron chi connectivity index (χ1n) is 12.6. The van der Waals surface area contributed by atoms with Crippen LogP contribution < -0.4 is 10.6 Å². The van der Waals surface area contributed by atoms with Crippen LogP contribution in [0.15, 0.2) is 0 Å². The fraction of sp³-hybridized carbons (Fsp3) is 0.143. The predicted molar refractivity (Wildman–Crippen MR) is 177 cm³/mol. The molecule has 224 valence electrons. The maximum absolute atomic E-state index is 13.7. The van der Waals surface area contributed by atoms with Crippen LogP contribution in [-0.2, 0) is 0 Å². The normalized spacial score (nSPS) is 15.0. The Morgan fingerprint density at radius 1 is 0.386 bits per heavy atom. The van der Waals surface area contributed by atoms with Crippen molar-refractivity contribution in [3.05, 3.63) is 62.4 Å². The minimum atomic E-state index is -0.732. The first-order chi connectivity index (χ1) is 20.8. The molecular weight excluding hydrogens is 740 g/mol. The number of hydrogen-bond acceptors (Lipinski definition) is 6. The number of rotatable bonds is 4. The number of halogens is 8. The summed E-state index contributed by atoms with van der Waals surface area (Å²) in [5.74, 6) is -2.93. The number of nitrogens with one attached hydrogen (secondary N) is 2. The Balaban J connectivity index is 1.86. The lowest BCUT2D eigenvalue weighted by molar-refractivity contribution is 0.0586. The number of carbonyl (C=O) groups excluding carboxylic acids is 4. The van der Waals surface area contributed by atoms with Crippen LogP contribution in [0, 0.1) is 0 Å². The fourth-order valence-electron chi connectivity index (χ4n) is 6.33. The summed E-state index contributed by atoms with van der Waals surface area (Å²) in [6, 6.07) is 0. The summed E-state index contributed by atoms with van der Waals surface area (Å²) in [7, 11) is 3.11. The van der Waals surface area contributed by atoms with Gasteiger partial charge in [0.05, 0.1) is 75.8 Å². The molecule has 0 saturated heterocycles. The molecule has 2 heterocycles. The van der Waals surface area contributed by atoms with Crippen molar-refractivity contribution in [3.8, 4) is 0 Å². The van der Waals surface area contributed by atoms with E-state index in [4.69, 9.17) is 92.8 Å². The number of benzene rings is 5. The molecule has 0 aromatic heterocycles. The Bertz CT molecular complexity index is 1990. The summed E-state index contributed by atoms with van der Waals surface area (Å²) >= 11 is 55.1. The van der Waals surface area contributed by atoms with Crippen LogP contribution in [0.1, 0.15) is 41.4 Å². The summed E-state index contributed by atoms with van der Waals surface area (Å²) in [5.41, 5.74) is -0.364. The molecule has 0 saturated carbocycles. The van der Waals surface area contributed by atoms with Crippen LogP contribution in [0.4, 0.5) is 0 Å². The van der Waals surface area contributed by atoms with Crippen molar-refractivity contribution < 1.29 is 19.2 Å². The Morgan fingerprint density at radius 3 is 0.818 bits per heavy atom. The van der Waals surface area contributed by atoms with E-state index in [1.165, 1.54) is 0 Å². The number of nitrogens with zero attached hydrogens (tertiary/aromatic N) is 2. The SMILES string of the molecule is CNCN1C(=O)c2c(Cl)c(Cl)c3c4c(Cl)c(Cl)c5c6c(c(Cl)c(Cl)c(c7c(Cl)c(Cl)c(c2c37)C1=O)c64)C(=O)N(CNC)C5=O. The number of imide groups is 2. The summed E-state index contributed by atoms with van der Waals surface area (Å²) in [4.78, 5) is 56.8. The largest absolute Gasteiger partial charge is 0.302 e. The molecular formula is C28H12Cl8N4O4. The molecule has 2 aliphatic heterocycles. The first-order valence-corrected chi connectivity index (χ1v) is 15.6. The third-order valence-electron chi connectivity index (χ3n) is 8.00. The van der Waals surface area contributed by atoms with E-state index in [-0.39, 0.29) is 119 Å². The second-order valence-electron chi connectivity index (χ2n) is 10.1. The lowest BCUT2D eigenvalue weighted by Gasteiger charge is -2.33. The van der Waals surface area contributed by atoms with E-state index < -0.39 is 23.6 Å². The second-order valence-corrected chi connectivity index (χ2v) is 13.1. The number of fused-ring (bicyclic) bond motifs is 2. The molecule has 44 heavy (non-hydrogen) atoms. The van der Waals surface area contributed by atoms with E-state index in [9.17, 15) is 19.2 Å². The van der Waals surface area contributed by atoms with Gasteiger partial charge in [0.1, 0.15) is 0 Å². The molecule has 0 unspecified atom stereocenters. The highest BCUT2D eigenvalue weighted by molar-refractivity contribution is 6.63. The van der Waals surface area contributed by atoms with Gasteiger partial charge in [-0.25, -0.2) is 0 Å². The summed E-state index contributed by atoms with van der Waals surface area (Å²) in [6.45, 7) is -0.319. The Kier molecular flexibility index (Phi) is 7.09. The van der Waals surface area contributed by atoms with Crippen LogP contribution in [0.3, 0.4) is 0 Å². The third kappa shape index (κ3) is 3.47. The highest BCUT2D eigenvalue weighted by Crippen LogP contribution is 2.59. The minimum Gasteiger partial charge on any atom is -0.302 e. The van der Waals surface area contributed by atoms with Crippen molar-refractivity contribution in [1.29, 1.82) is 0 Å². The molecule has 8 nitrogen and oxygen atoms in total. The molecule has 0 spiro atoms. The maximum Gasteiger partial charge on any atom is 0.264 e. The average molecular weight is 752 g/mol. The zero-order chi connectivity index (χ0) is 31.8. The molecule has 4 amide bonds. The highest BCUT2D eigenvalue weighted by atomic mass is 35.5. The lowest BCUT2D eigenvalue weighted by Crippen LogP contribution is -2.45. The quantitative estimate of drug-likeness (QED) is 0.109. The lowest BCUT2D eigenvalue weighted by atomic mass is 9.81. The van der Waals surface area contributed by atoms with Gasteiger partial charge in [0.25, 0.3) is 23.6 Å². The molecule has 16 heteroatoms. The fourth-order valence-corrected chi connectivity index (χ4v) is 8.54. The van der Waals surface area contributed by atoms with Gasteiger partial charge in [-0.3, -0.25) is 29.0 Å². The van der Waals surface area contributed by atoms with Gasteiger partial charge in [-0.2, -0.15) is 0 Å².